The van der Waals surface area contributed by atoms with Gasteiger partial charge in [0.05, 0.1) is 18.6 Å². The van der Waals surface area contributed by atoms with E-state index in [0.717, 1.165) is 17.0 Å². The molecule has 0 bridgehead atoms. The van der Waals surface area contributed by atoms with Crippen molar-refractivity contribution < 1.29 is 19.0 Å². The molecule has 7 nitrogen and oxygen atoms in total. The van der Waals surface area contributed by atoms with Crippen molar-refractivity contribution in [3.8, 4) is 17.2 Å². The van der Waals surface area contributed by atoms with E-state index < -0.39 is 0 Å². The van der Waals surface area contributed by atoms with Crippen molar-refractivity contribution in [2.45, 2.75) is 12.1 Å². The van der Waals surface area contributed by atoms with Crippen LogP contribution in [0.3, 0.4) is 0 Å². The number of thioether (sulfide) groups is 1. The molecule has 0 aliphatic carbocycles. The number of rotatable bonds is 9. The lowest BCUT2D eigenvalue weighted by atomic mass is 10.2. The number of ether oxygens (including phenoxy) is 3. The maximum Gasteiger partial charge on any atom is 0.316 e. The quantitative estimate of drug-likeness (QED) is 0.287. The van der Waals surface area contributed by atoms with Gasteiger partial charge in [-0.2, -0.15) is 0 Å². The number of hydrogen-bond acceptors (Lipinski definition) is 7. The predicted molar refractivity (Wildman–Crippen MR) is 111 cm³/mol. The number of halogens is 1. The van der Waals surface area contributed by atoms with Crippen LogP contribution in [0.1, 0.15) is 5.56 Å². The maximum atomic E-state index is 12.0. The molecule has 2 aromatic carbocycles. The van der Waals surface area contributed by atoms with Gasteiger partial charge in [-0.1, -0.05) is 29.4 Å². The van der Waals surface area contributed by atoms with Gasteiger partial charge in [-0.05, 0) is 48.9 Å². The van der Waals surface area contributed by atoms with Crippen LogP contribution in [-0.4, -0.2) is 46.8 Å². The molecular weight excluding hydrogens is 414 g/mol. The summed E-state index contributed by atoms with van der Waals surface area (Å²) < 4.78 is 17.6. The van der Waals surface area contributed by atoms with Crippen molar-refractivity contribution in [2.75, 3.05) is 26.1 Å². The fourth-order valence-corrected chi connectivity index (χ4v) is 3.29. The normalized spacial score (nSPS) is 10.6. The summed E-state index contributed by atoms with van der Waals surface area (Å²) in [5, 5.41) is 9.21. The number of carbonyl (C=O) groups is 1. The van der Waals surface area contributed by atoms with Gasteiger partial charge in [0.2, 0.25) is 0 Å². The number of nitrogens with zero attached hydrogens (tertiary/aromatic N) is 3. The standard InChI is InChI=1S/C20H20ClN3O4S/c1-14-3-4-15(11-18(14)21)24-13-22-23-20(24)29-12-19(25)28-10-9-27-17-7-5-16(26-2)6-8-17/h3-8,11,13H,9-10,12H2,1-2H3. The van der Waals surface area contributed by atoms with Crippen LogP contribution in [0.25, 0.3) is 5.69 Å². The molecule has 0 N–H and O–H groups in total. The molecule has 0 saturated heterocycles. The van der Waals surface area contributed by atoms with Gasteiger partial charge in [0.15, 0.2) is 5.16 Å². The largest absolute Gasteiger partial charge is 0.497 e. The SMILES string of the molecule is COc1ccc(OCCOC(=O)CSc2nncn2-c2ccc(C)c(Cl)c2)cc1. The monoisotopic (exact) mass is 433 g/mol. The Morgan fingerprint density at radius 3 is 2.62 bits per heavy atom. The number of methoxy groups -OCH3 is 1. The lowest BCUT2D eigenvalue weighted by Gasteiger charge is -2.09. The van der Waals surface area contributed by atoms with E-state index in [9.17, 15) is 4.79 Å². The lowest BCUT2D eigenvalue weighted by Crippen LogP contribution is -2.14. The van der Waals surface area contributed by atoms with Crippen LogP contribution in [0, 0.1) is 6.92 Å². The van der Waals surface area contributed by atoms with Gasteiger partial charge in [0, 0.05) is 5.02 Å². The minimum absolute atomic E-state index is 0.112. The summed E-state index contributed by atoms with van der Waals surface area (Å²) in [5.41, 5.74) is 1.81. The van der Waals surface area contributed by atoms with Crippen LogP contribution in [0.4, 0.5) is 0 Å². The Hall–Kier alpha value is -2.71. The van der Waals surface area contributed by atoms with Gasteiger partial charge in [-0.25, -0.2) is 0 Å². The molecule has 0 radical (unpaired) electrons. The molecule has 152 valence electrons. The Kier molecular flexibility index (Phi) is 7.37. The molecule has 0 unspecified atom stereocenters. The summed E-state index contributed by atoms with van der Waals surface area (Å²) in [6.45, 7) is 2.36. The molecule has 1 aromatic heterocycles. The molecule has 9 heteroatoms. The topological polar surface area (TPSA) is 75.5 Å². The second kappa shape index (κ2) is 10.2. The first-order valence-corrected chi connectivity index (χ1v) is 10.1. The highest BCUT2D eigenvalue weighted by atomic mass is 35.5. The fourth-order valence-electron chi connectivity index (χ4n) is 2.38. The molecule has 0 fully saturated rings. The Bertz CT molecular complexity index is 963. The van der Waals surface area contributed by atoms with Gasteiger partial charge >= 0.3 is 5.97 Å². The van der Waals surface area contributed by atoms with E-state index in [1.165, 1.54) is 11.8 Å². The highest BCUT2D eigenvalue weighted by Gasteiger charge is 2.12. The van der Waals surface area contributed by atoms with Crippen LogP contribution in [0.2, 0.25) is 5.02 Å². The summed E-state index contributed by atoms with van der Waals surface area (Å²) in [5.74, 6) is 1.19. The van der Waals surface area contributed by atoms with E-state index in [1.54, 1.807) is 42.3 Å². The van der Waals surface area contributed by atoms with E-state index in [2.05, 4.69) is 10.2 Å². The number of hydrogen-bond donors (Lipinski definition) is 0. The number of carbonyl (C=O) groups excluding carboxylic acids is 1. The summed E-state index contributed by atoms with van der Waals surface area (Å²) >= 11 is 7.43. The Balaban J connectivity index is 1.44. The number of esters is 1. The third kappa shape index (κ3) is 5.88. The maximum absolute atomic E-state index is 12.0. The molecular formula is C20H20ClN3O4S. The van der Waals surface area contributed by atoms with E-state index >= 15 is 0 Å². The van der Waals surface area contributed by atoms with E-state index in [4.69, 9.17) is 25.8 Å². The molecule has 0 spiro atoms. The number of benzene rings is 2. The fraction of sp³-hybridized carbons (Fsp3) is 0.250. The highest BCUT2D eigenvalue weighted by Crippen LogP contribution is 2.24. The minimum atomic E-state index is -0.357. The minimum Gasteiger partial charge on any atom is -0.497 e. The Morgan fingerprint density at radius 2 is 1.90 bits per heavy atom. The van der Waals surface area contributed by atoms with Crippen LogP contribution in [-0.2, 0) is 9.53 Å². The van der Waals surface area contributed by atoms with E-state index in [0.29, 0.717) is 15.9 Å². The Labute approximate surface area is 177 Å². The number of aryl methyl sites for hydroxylation is 1. The van der Waals surface area contributed by atoms with Gasteiger partial charge in [-0.15, -0.1) is 10.2 Å². The lowest BCUT2D eigenvalue weighted by molar-refractivity contribution is -0.141. The van der Waals surface area contributed by atoms with Gasteiger partial charge in [0.1, 0.15) is 31.0 Å². The van der Waals surface area contributed by atoms with E-state index in [-0.39, 0.29) is 24.9 Å². The first kappa shape index (κ1) is 21.0. The predicted octanol–water partition coefficient (Wildman–Crippen LogP) is 3.95. The summed E-state index contributed by atoms with van der Waals surface area (Å²) in [7, 11) is 1.60. The molecule has 0 atom stereocenters. The van der Waals surface area contributed by atoms with Gasteiger partial charge in [-0.3, -0.25) is 9.36 Å². The summed E-state index contributed by atoms with van der Waals surface area (Å²) in [6.07, 6.45) is 1.58. The second-order valence-corrected chi connectivity index (χ2v) is 7.30. The van der Waals surface area contributed by atoms with Crippen molar-refractivity contribution in [1.29, 1.82) is 0 Å². The Morgan fingerprint density at radius 1 is 1.14 bits per heavy atom. The average Bonchev–Trinajstić information content (AvgIpc) is 3.21. The van der Waals surface area contributed by atoms with Crippen LogP contribution < -0.4 is 9.47 Å². The molecule has 1 heterocycles. The molecule has 0 amide bonds. The van der Waals surface area contributed by atoms with Gasteiger partial charge < -0.3 is 14.2 Å². The van der Waals surface area contributed by atoms with E-state index in [1.807, 2.05) is 25.1 Å². The molecule has 3 aromatic rings. The van der Waals surface area contributed by atoms with Gasteiger partial charge in [0.25, 0.3) is 0 Å². The smallest absolute Gasteiger partial charge is 0.316 e. The van der Waals surface area contributed by atoms with Crippen LogP contribution in [0.15, 0.2) is 53.9 Å². The first-order valence-electron chi connectivity index (χ1n) is 8.78. The third-order valence-corrected chi connectivity index (χ3v) is 5.27. The van der Waals surface area contributed by atoms with Crippen LogP contribution in [0.5, 0.6) is 11.5 Å². The zero-order valence-electron chi connectivity index (χ0n) is 16.0. The van der Waals surface area contributed by atoms with Crippen molar-refractivity contribution in [2.24, 2.45) is 0 Å². The third-order valence-electron chi connectivity index (χ3n) is 3.94. The zero-order valence-corrected chi connectivity index (χ0v) is 17.6. The highest BCUT2D eigenvalue weighted by molar-refractivity contribution is 7.99. The second-order valence-electron chi connectivity index (χ2n) is 5.95. The van der Waals surface area contributed by atoms with Crippen molar-refractivity contribution in [3.05, 3.63) is 59.4 Å². The molecule has 3 rings (SSSR count). The summed E-state index contributed by atoms with van der Waals surface area (Å²) in [4.78, 5) is 12.0. The van der Waals surface area contributed by atoms with Crippen molar-refractivity contribution in [3.63, 3.8) is 0 Å². The average molecular weight is 434 g/mol. The van der Waals surface area contributed by atoms with Crippen molar-refractivity contribution in [1.82, 2.24) is 14.8 Å². The molecule has 0 aliphatic heterocycles. The summed E-state index contributed by atoms with van der Waals surface area (Å²) in [6, 6.07) is 12.9. The molecule has 0 saturated carbocycles. The first-order chi connectivity index (χ1) is 14.1. The van der Waals surface area contributed by atoms with Crippen LogP contribution >= 0.6 is 23.4 Å². The zero-order chi connectivity index (χ0) is 20.6. The number of aromatic nitrogens is 3. The van der Waals surface area contributed by atoms with Crippen molar-refractivity contribution >= 4 is 29.3 Å². The molecule has 29 heavy (non-hydrogen) atoms. The molecule has 0 aliphatic rings.